The maximum Gasteiger partial charge on any atom is 0.346 e. The maximum atomic E-state index is 12.0. The smallest absolute Gasteiger partial charge is 0.305 e. The van der Waals surface area contributed by atoms with Gasteiger partial charge in [-0.15, -0.1) is 0 Å². The highest BCUT2D eigenvalue weighted by atomic mass is 35.5. The quantitative estimate of drug-likeness (QED) is 0.627. The molecule has 4 rings (SSSR count). The van der Waals surface area contributed by atoms with Crippen LogP contribution >= 0.6 is 11.6 Å². The van der Waals surface area contributed by atoms with E-state index in [-0.39, 0.29) is 18.2 Å². The zero-order chi connectivity index (χ0) is 12.5. The van der Waals surface area contributed by atoms with E-state index in [0.29, 0.717) is 10.8 Å². The molecule has 3 heterocycles. The Kier molecular flexibility index (Phi) is 2.93. The van der Waals surface area contributed by atoms with Crippen LogP contribution in [0.4, 0.5) is 10.5 Å². The van der Waals surface area contributed by atoms with Crippen molar-refractivity contribution < 1.29 is 9.63 Å². The van der Waals surface area contributed by atoms with Crippen molar-refractivity contribution in [1.82, 2.24) is 10.0 Å². The SMILES string of the molecule is O=C(Nc1ccc(Cl)nc1)N1OC2C=CC1CC2. The first-order valence-electron chi connectivity index (χ1n) is 5.79. The number of aromatic nitrogens is 1. The number of halogens is 1. The van der Waals surface area contributed by atoms with E-state index >= 15 is 0 Å². The number of nitrogens with zero attached hydrogens (tertiary/aromatic N) is 2. The highest BCUT2D eigenvalue weighted by molar-refractivity contribution is 6.29. The van der Waals surface area contributed by atoms with Gasteiger partial charge in [-0.2, -0.15) is 5.06 Å². The molecule has 18 heavy (non-hydrogen) atoms. The molecule has 3 aliphatic rings. The summed E-state index contributed by atoms with van der Waals surface area (Å²) in [5, 5.41) is 4.52. The normalized spacial score (nSPS) is 25.3. The molecule has 2 amide bonds. The van der Waals surface area contributed by atoms with Gasteiger partial charge in [0.15, 0.2) is 0 Å². The molecule has 94 valence electrons. The molecule has 1 aromatic rings. The molecule has 0 spiro atoms. The summed E-state index contributed by atoms with van der Waals surface area (Å²) in [6.07, 6.45) is 7.45. The lowest BCUT2D eigenvalue weighted by Crippen LogP contribution is -2.50. The van der Waals surface area contributed by atoms with E-state index in [4.69, 9.17) is 16.4 Å². The first-order chi connectivity index (χ1) is 8.72. The lowest BCUT2D eigenvalue weighted by Gasteiger charge is -2.39. The number of pyridine rings is 1. The molecule has 6 heteroatoms. The molecular weight excluding hydrogens is 254 g/mol. The van der Waals surface area contributed by atoms with Crippen molar-refractivity contribution in [2.24, 2.45) is 0 Å². The average molecular weight is 266 g/mol. The van der Waals surface area contributed by atoms with E-state index in [9.17, 15) is 4.79 Å². The van der Waals surface area contributed by atoms with Crippen molar-refractivity contribution in [3.05, 3.63) is 35.6 Å². The summed E-state index contributed by atoms with van der Waals surface area (Å²) in [4.78, 5) is 21.5. The van der Waals surface area contributed by atoms with Crippen molar-refractivity contribution in [1.29, 1.82) is 0 Å². The number of rotatable bonds is 1. The Labute approximate surface area is 109 Å². The predicted octanol–water partition coefficient (Wildman–Crippen LogP) is 2.60. The zero-order valence-corrected chi connectivity index (χ0v) is 10.3. The summed E-state index contributed by atoms with van der Waals surface area (Å²) >= 11 is 5.68. The Morgan fingerprint density at radius 3 is 2.89 bits per heavy atom. The largest absolute Gasteiger partial charge is 0.346 e. The fourth-order valence-electron chi connectivity index (χ4n) is 2.11. The van der Waals surface area contributed by atoms with E-state index in [0.717, 1.165) is 12.8 Å². The highest BCUT2D eigenvalue weighted by Crippen LogP contribution is 2.27. The molecule has 0 saturated carbocycles. The van der Waals surface area contributed by atoms with Crippen molar-refractivity contribution in [2.45, 2.75) is 25.0 Å². The van der Waals surface area contributed by atoms with E-state index < -0.39 is 0 Å². The van der Waals surface area contributed by atoms with Gasteiger partial charge in [0.1, 0.15) is 11.3 Å². The van der Waals surface area contributed by atoms with E-state index in [2.05, 4.69) is 10.3 Å². The number of hydrogen-bond acceptors (Lipinski definition) is 3. The molecule has 2 atom stereocenters. The van der Waals surface area contributed by atoms with Crippen LogP contribution in [0.25, 0.3) is 0 Å². The number of urea groups is 1. The van der Waals surface area contributed by atoms with Crippen LogP contribution in [0, 0.1) is 0 Å². The van der Waals surface area contributed by atoms with Gasteiger partial charge in [0.2, 0.25) is 0 Å². The van der Waals surface area contributed by atoms with Crippen LogP contribution in [-0.4, -0.2) is 28.2 Å². The lowest BCUT2D eigenvalue weighted by molar-refractivity contribution is -0.192. The number of anilines is 1. The number of hydrogen-bond donors (Lipinski definition) is 1. The zero-order valence-electron chi connectivity index (χ0n) is 9.54. The number of hydroxylamine groups is 2. The Morgan fingerprint density at radius 1 is 1.44 bits per heavy atom. The van der Waals surface area contributed by atoms with Gasteiger partial charge in [-0.25, -0.2) is 9.78 Å². The molecule has 1 N–H and O–H groups in total. The molecule has 1 aliphatic carbocycles. The van der Waals surface area contributed by atoms with Gasteiger partial charge in [0.25, 0.3) is 0 Å². The first kappa shape index (κ1) is 11.5. The summed E-state index contributed by atoms with van der Waals surface area (Å²) in [5.74, 6) is 0. The maximum absolute atomic E-state index is 12.0. The summed E-state index contributed by atoms with van der Waals surface area (Å²) in [7, 11) is 0. The van der Waals surface area contributed by atoms with Crippen LogP contribution in [0.2, 0.25) is 5.15 Å². The standard InChI is InChI=1S/C12H12ClN3O2/c13-11-6-1-8(7-14-11)15-12(17)16-9-2-4-10(18-16)5-3-9/h1-2,4,6-7,9-10H,3,5H2,(H,15,17). The second-order valence-electron chi connectivity index (χ2n) is 4.30. The highest BCUT2D eigenvalue weighted by Gasteiger charge is 2.34. The number of nitrogens with one attached hydrogen (secondary N) is 1. The van der Waals surface area contributed by atoms with Crippen molar-refractivity contribution in [3.8, 4) is 0 Å². The lowest BCUT2D eigenvalue weighted by atomic mass is 9.98. The minimum Gasteiger partial charge on any atom is -0.305 e. The Morgan fingerprint density at radius 2 is 2.33 bits per heavy atom. The van der Waals surface area contributed by atoms with E-state index in [1.165, 1.54) is 11.3 Å². The summed E-state index contributed by atoms with van der Waals surface area (Å²) in [5.41, 5.74) is 0.596. The third-order valence-electron chi connectivity index (χ3n) is 3.02. The summed E-state index contributed by atoms with van der Waals surface area (Å²) in [6.45, 7) is 0. The second-order valence-corrected chi connectivity index (χ2v) is 4.69. The predicted molar refractivity (Wildman–Crippen MR) is 67.1 cm³/mol. The molecule has 1 aromatic heterocycles. The van der Waals surface area contributed by atoms with Crippen molar-refractivity contribution in [2.75, 3.05) is 5.32 Å². The average Bonchev–Trinajstić information content (AvgIpc) is 2.42. The molecule has 2 aliphatic heterocycles. The minimum atomic E-state index is -0.279. The van der Waals surface area contributed by atoms with Gasteiger partial charge in [0, 0.05) is 0 Å². The van der Waals surface area contributed by atoms with Gasteiger partial charge in [-0.1, -0.05) is 23.8 Å². The molecule has 1 saturated heterocycles. The number of carbonyl (C=O) groups is 1. The van der Waals surface area contributed by atoms with Crippen LogP contribution < -0.4 is 5.32 Å². The van der Waals surface area contributed by atoms with Crippen molar-refractivity contribution in [3.63, 3.8) is 0 Å². The van der Waals surface area contributed by atoms with Crippen LogP contribution in [0.5, 0.6) is 0 Å². The number of fused-ring (bicyclic) bond motifs is 2. The number of amides is 2. The monoisotopic (exact) mass is 265 g/mol. The van der Waals surface area contributed by atoms with Gasteiger partial charge >= 0.3 is 6.03 Å². The van der Waals surface area contributed by atoms with E-state index in [1.807, 2.05) is 12.2 Å². The van der Waals surface area contributed by atoms with Crippen molar-refractivity contribution >= 4 is 23.3 Å². The summed E-state index contributed by atoms with van der Waals surface area (Å²) in [6, 6.07) is 3.07. The molecule has 2 unspecified atom stereocenters. The second kappa shape index (κ2) is 4.59. The van der Waals surface area contributed by atoms with Gasteiger partial charge < -0.3 is 5.32 Å². The minimum absolute atomic E-state index is 0.0177. The molecule has 0 radical (unpaired) electrons. The fraction of sp³-hybridized carbons (Fsp3) is 0.333. The molecule has 0 aromatic carbocycles. The molecule has 2 bridgehead atoms. The molecule has 5 nitrogen and oxygen atoms in total. The van der Waals surface area contributed by atoms with Gasteiger partial charge in [0.05, 0.1) is 17.9 Å². The van der Waals surface area contributed by atoms with Crippen LogP contribution in [-0.2, 0) is 4.84 Å². The summed E-state index contributed by atoms with van der Waals surface area (Å²) < 4.78 is 0. The Bertz CT molecular complexity index is 489. The topological polar surface area (TPSA) is 54.5 Å². The van der Waals surface area contributed by atoms with Crippen LogP contribution in [0.3, 0.4) is 0 Å². The Balaban J connectivity index is 1.69. The number of carbonyl (C=O) groups excluding carboxylic acids is 1. The first-order valence-corrected chi connectivity index (χ1v) is 6.17. The third kappa shape index (κ3) is 2.19. The molecule has 1 fully saturated rings. The van der Waals surface area contributed by atoms with Gasteiger partial charge in [-0.05, 0) is 25.0 Å². The van der Waals surface area contributed by atoms with Gasteiger partial charge in [-0.3, -0.25) is 4.84 Å². The third-order valence-corrected chi connectivity index (χ3v) is 3.25. The van der Waals surface area contributed by atoms with Crippen LogP contribution in [0.1, 0.15) is 12.8 Å². The van der Waals surface area contributed by atoms with E-state index in [1.54, 1.807) is 12.1 Å². The fourth-order valence-corrected chi connectivity index (χ4v) is 2.23. The molecular formula is C12H12ClN3O2. The van der Waals surface area contributed by atoms with Crippen LogP contribution in [0.15, 0.2) is 30.5 Å². The Hall–Kier alpha value is -1.59.